The molecule has 1 amide bonds. The fourth-order valence-corrected chi connectivity index (χ4v) is 3.36. The second kappa shape index (κ2) is 6.92. The molecule has 2 aliphatic rings. The van der Waals surface area contributed by atoms with E-state index in [-0.39, 0.29) is 24.7 Å². The molecule has 2 N–H and O–H groups in total. The molecule has 0 spiro atoms. The van der Waals surface area contributed by atoms with Crippen molar-refractivity contribution in [1.82, 2.24) is 15.1 Å². The molecule has 0 bridgehead atoms. The van der Waals surface area contributed by atoms with Gasteiger partial charge in [-0.1, -0.05) is 13.0 Å². The summed E-state index contributed by atoms with van der Waals surface area (Å²) in [5, 5.41) is 9.61. The Morgan fingerprint density at radius 3 is 2.86 bits per heavy atom. The number of ether oxygens (including phenoxy) is 2. The summed E-state index contributed by atoms with van der Waals surface area (Å²) in [6, 6.07) is 3.96. The van der Waals surface area contributed by atoms with Gasteiger partial charge in [-0.3, -0.25) is 4.79 Å². The van der Waals surface area contributed by atoms with E-state index < -0.39 is 24.2 Å². The molecule has 7 nitrogen and oxygen atoms in total. The Hall–Kier alpha value is -2.91. The average Bonchev–Trinajstić information content (AvgIpc) is 3.30. The number of aromatic nitrogens is 2. The number of anilines is 1. The largest absolute Gasteiger partial charge is 0.454 e. The standard InChI is InChI=1S/C18H19F3N4O3/c1-2-5-22-17(26)12-8-16-23-11(7-15(18(19,20)21)25(16)24-12)10-3-4-13-14(6-10)28-9-27-13/h3-4,6,8,11,15,23H,2,5,7,9H2,1H3,(H,22,26)/t11-,15+/m1/s1. The summed E-state index contributed by atoms with van der Waals surface area (Å²) in [7, 11) is 0. The highest BCUT2D eigenvalue weighted by molar-refractivity contribution is 5.93. The van der Waals surface area contributed by atoms with Crippen molar-refractivity contribution in [2.45, 2.75) is 38.0 Å². The second-order valence-electron chi connectivity index (χ2n) is 6.72. The molecule has 1 aromatic carbocycles. The summed E-state index contributed by atoms with van der Waals surface area (Å²) in [5.74, 6) is 0.720. The van der Waals surface area contributed by atoms with E-state index in [0.29, 0.717) is 23.6 Å². The Labute approximate surface area is 158 Å². The average molecular weight is 396 g/mol. The third-order valence-electron chi connectivity index (χ3n) is 4.76. The van der Waals surface area contributed by atoms with Crippen LogP contribution in [0.3, 0.4) is 0 Å². The predicted molar refractivity (Wildman–Crippen MR) is 93.5 cm³/mol. The lowest BCUT2D eigenvalue weighted by Gasteiger charge is -2.33. The Morgan fingerprint density at radius 1 is 1.32 bits per heavy atom. The van der Waals surface area contributed by atoms with E-state index in [2.05, 4.69) is 15.7 Å². The molecule has 28 heavy (non-hydrogen) atoms. The predicted octanol–water partition coefficient (Wildman–Crippen LogP) is 3.41. The van der Waals surface area contributed by atoms with E-state index in [0.717, 1.165) is 11.1 Å². The van der Waals surface area contributed by atoms with E-state index in [4.69, 9.17) is 9.47 Å². The SMILES string of the molecule is CCCNC(=O)c1cc2n(n1)[C@H](C(F)(F)F)C[C@H](c1ccc3c(c1)OCO3)N2. The fraction of sp³-hybridized carbons (Fsp3) is 0.444. The van der Waals surface area contributed by atoms with E-state index in [1.165, 1.54) is 6.07 Å². The molecule has 0 radical (unpaired) electrons. The Kier molecular flexibility index (Phi) is 4.56. The van der Waals surface area contributed by atoms with Gasteiger partial charge in [0, 0.05) is 19.0 Å². The van der Waals surface area contributed by atoms with Crippen molar-refractivity contribution in [2.24, 2.45) is 0 Å². The number of hydrogen-bond acceptors (Lipinski definition) is 5. The van der Waals surface area contributed by atoms with Crippen LogP contribution in [0.5, 0.6) is 11.5 Å². The van der Waals surface area contributed by atoms with Crippen molar-refractivity contribution >= 4 is 11.7 Å². The first kappa shape index (κ1) is 18.5. The highest BCUT2D eigenvalue weighted by atomic mass is 19.4. The van der Waals surface area contributed by atoms with Crippen LogP contribution in [-0.4, -0.2) is 35.2 Å². The van der Waals surface area contributed by atoms with Crippen LogP contribution in [0.2, 0.25) is 0 Å². The van der Waals surface area contributed by atoms with Gasteiger partial charge in [-0.25, -0.2) is 4.68 Å². The smallest absolute Gasteiger partial charge is 0.410 e. The molecule has 0 saturated heterocycles. The quantitative estimate of drug-likeness (QED) is 0.828. The molecular formula is C18H19F3N4O3. The van der Waals surface area contributed by atoms with Gasteiger partial charge in [-0.2, -0.15) is 18.3 Å². The molecule has 2 aliphatic heterocycles. The molecule has 0 unspecified atom stereocenters. The number of fused-ring (bicyclic) bond motifs is 2. The first-order valence-electron chi connectivity index (χ1n) is 8.97. The molecule has 0 fully saturated rings. The zero-order valence-electron chi connectivity index (χ0n) is 15.0. The first-order valence-corrected chi connectivity index (χ1v) is 8.97. The van der Waals surface area contributed by atoms with E-state index in [9.17, 15) is 18.0 Å². The minimum absolute atomic E-state index is 0.0449. The molecular weight excluding hydrogens is 377 g/mol. The summed E-state index contributed by atoms with van der Waals surface area (Å²) in [5.41, 5.74) is 0.597. The number of nitrogens with zero attached hydrogens (tertiary/aromatic N) is 2. The molecule has 1 aromatic heterocycles. The topological polar surface area (TPSA) is 77.4 Å². The maximum absolute atomic E-state index is 13.7. The molecule has 150 valence electrons. The van der Waals surface area contributed by atoms with Crippen molar-refractivity contribution in [3.63, 3.8) is 0 Å². The maximum atomic E-state index is 13.7. The number of benzene rings is 1. The highest BCUT2D eigenvalue weighted by Gasteiger charge is 2.47. The number of nitrogens with one attached hydrogen (secondary N) is 2. The van der Waals surface area contributed by atoms with Gasteiger partial charge in [0.2, 0.25) is 6.79 Å². The number of carbonyl (C=O) groups excluding carboxylic acids is 1. The third kappa shape index (κ3) is 3.34. The van der Waals surface area contributed by atoms with Crippen LogP contribution in [0.25, 0.3) is 0 Å². The zero-order valence-corrected chi connectivity index (χ0v) is 15.0. The lowest BCUT2D eigenvalue weighted by molar-refractivity contribution is -0.173. The Morgan fingerprint density at radius 2 is 2.11 bits per heavy atom. The van der Waals surface area contributed by atoms with Gasteiger partial charge in [-0.15, -0.1) is 0 Å². The number of rotatable bonds is 4. The Balaban J connectivity index is 1.66. The summed E-state index contributed by atoms with van der Waals surface area (Å²) in [6.45, 7) is 2.40. The van der Waals surface area contributed by atoms with Crippen molar-refractivity contribution in [3.8, 4) is 11.5 Å². The first-order chi connectivity index (χ1) is 13.4. The van der Waals surface area contributed by atoms with E-state index in [1.54, 1.807) is 18.2 Å². The molecule has 2 atom stereocenters. The maximum Gasteiger partial charge on any atom is 0.410 e. The Bertz CT molecular complexity index is 897. The number of alkyl halides is 3. The lowest BCUT2D eigenvalue weighted by atomic mass is 9.96. The fourth-order valence-electron chi connectivity index (χ4n) is 3.36. The number of halogens is 3. The van der Waals surface area contributed by atoms with Gasteiger partial charge in [0.15, 0.2) is 23.2 Å². The van der Waals surface area contributed by atoms with Crippen LogP contribution < -0.4 is 20.1 Å². The summed E-state index contributed by atoms with van der Waals surface area (Å²) in [6.07, 6.45) is -4.04. The number of amides is 1. The third-order valence-corrected chi connectivity index (χ3v) is 4.76. The van der Waals surface area contributed by atoms with E-state index in [1.807, 2.05) is 6.92 Å². The lowest BCUT2D eigenvalue weighted by Crippen LogP contribution is -2.35. The molecule has 2 aromatic rings. The molecule has 3 heterocycles. The summed E-state index contributed by atoms with van der Waals surface area (Å²) in [4.78, 5) is 12.1. The molecule has 10 heteroatoms. The van der Waals surface area contributed by atoms with Crippen LogP contribution in [0.4, 0.5) is 19.0 Å². The van der Waals surface area contributed by atoms with Crippen LogP contribution >= 0.6 is 0 Å². The summed E-state index contributed by atoms with van der Waals surface area (Å²) >= 11 is 0. The van der Waals surface area contributed by atoms with Gasteiger partial charge in [0.05, 0.1) is 6.04 Å². The number of hydrogen-bond donors (Lipinski definition) is 2. The van der Waals surface area contributed by atoms with Crippen molar-refractivity contribution < 1.29 is 27.4 Å². The molecule has 0 saturated carbocycles. The van der Waals surface area contributed by atoms with Crippen LogP contribution in [0.1, 0.15) is 47.9 Å². The van der Waals surface area contributed by atoms with Crippen molar-refractivity contribution in [3.05, 3.63) is 35.5 Å². The number of carbonyl (C=O) groups is 1. The van der Waals surface area contributed by atoms with E-state index >= 15 is 0 Å². The van der Waals surface area contributed by atoms with Gasteiger partial charge in [0.1, 0.15) is 5.82 Å². The summed E-state index contributed by atoms with van der Waals surface area (Å²) < 4.78 is 52.6. The minimum atomic E-state index is -4.51. The molecule has 4 rings (SSSR count). The zero-order chi connectivity index (χ0) is 19.9. The van der Waals surface area contributed by atoms with Crippen LogP contribution in [0, 0.1) is 0 Å². The normalized spacial score (nSPS) is 20.4. The van der Waals surface area contributed by atoms with Crippen LogP contribution in [0.15, 0.2) is 24.3 Å². The van der Waals surface area contributed by atoms with Gasteiger partial charge >= 0.3 is 6.18 Å². The van der Waals surface area contributed by atoms with Crippen molar-refractivity contribution in [1.29, 1.82) is 0 Å². The van der Waals surface area contributed by atoms with Gasteiger partial charge in [0.25, 0.3) is 5.91 Å². The van der Waals surface area contributed by atoms with Crippen molar-refractivity contribution in [2.75, 3.05) is 18.7 Å². The minimum Gasteiger partial charge on any atom is -0.454 e. The van der Waals surface area contributed by atoms with Gasteiger partial charge in [-0.05, 0) is 24.1 Å². The monoisotopic (exact) mass is 396 g/mol. The highest BCUT2D eigenvalue weighted by Crippen LogP contribution is 2.45. The van der Waals surface area contributed by atoms with Crippen LogP contribution in [-0.2, 0) is 0 Å². The van der Waals surface area contributed by atoms with Gasteiger partial charge < -0.3 is 20.1 Å². The second-order valence-corrected chi connectivity index (χ2v) is 6.72. The molecule has 0 aliphatic carbocycles.